The van der Waals surface area contributed by atoms with Gasteiger partial charge in [-0.3, -0.25) is 0 Å². The lowest BCUT2D eigenvalue weighted by Gasteiger charge is -2.11. The third-order valence-electron chi connectivity index (χ3n) is 1.68. The second kappa shape index (κ2) is 4.48. The summed E-state index contributed by atoms with van der Waals surface area (Å²) >= 11 is 3.28. The van der Waals surface area contributed by atoms with Crippen molar-refractivity contribution in [2.45, 2.75) is 6.61 Å². The van der Waals surface area contributed by atoms with E-state index in [4.69, 9.17) is 9.47 Å². The van der Waals surface area contributed by atoms with Crippen LogP contribution in [-0.2, 0) is 11.7 Å². The lowest BCUT2D eigenvalue weighted by molar-refractivity contribution is 0.173. The molecule has 0 spiro atoms. The quantitative estimate of drug-likeness (QED) is 0.821. The molecule has 1 radical (unpaired) electrons. The Labute approximate surface area is 85.4 Å². The summed E-state index contributed by atoms with van der Waals surface area (Å²) in [5, 5.41) is 10.8. The maximum atomic E-state index is 10.8. The van der Waals surface area contributed by atoms with E-state index >= 15 is 0 Å². The van der Waals surface area contributed by atoms with E-state index in [1.165, 1.54) is 7.11 Å². The van der Waals surface area contributed by atoms with E-state index in [2.05, 4.69) is 15.9 Å². The van der Waals surface area contributed by atoms with E-state index in [9.17, 15) is 5.11 Å². The van der Waals surface area contributed by atoms with Gasteiger partial charge in [-0.05, 0) is 12.1 Å². The first-order valence-electron chi connectivity index (χ1n) is 3.71. The molecular weight excluding hydrogens is 236 g/mol. The minimum Gasteiger partial charge on any atom is -0.493 e. The summed E-state index contributed by atoms with van der Waals surface area (Å²) < 4.78 is 10.9. The van der Waals surface area contributed by atoms with Crippen LogP contribution in [0.3, 0.4) is 0 Å². The number of ether oxygens (including phenoxy) is 2. The largest absolute Gasteiger partial charge is 0.493 e. The number of hydrogen-bond donors (Lipinski definition) is 0. The highest BCUT2D eigenvalue weighted by Crippen LogP contribution is 2.34. The Morgan fingerprint density at radius 1 is 1.31 bits per heavy atom. The fourth-order valence-corrected chi connectivity index (χ4v) is 1.60. The first-order valence-corrected chi connectivity index (χ1v) is 4.50. The second-order valence-electron chi connectivity index (χ2n) is 2.44. The van der Waals surface area contributed by atoms with Crippen molar-refractivity contribution in [3.8, 4) is 11.5 Å². The lowest BCUT2D eigenvalue weighted by atomic mass is 10.2. The Bertz CT molecular complexity index is 274. The molecule has 71 valence electrons. The van der Waals surface area contributed by atoms with Crippen LogP contribution in [0, 0.1) is 0 Å². The van der Waals surface area contributed by atoms with Crippen molar-refractivity contribution in [1.29, 1.82) is 0 Å². The zero-order chi connectivity index (χ0) is 9.84. The Balaban J connectivity index is 3.25. The highest BCUT2D eigenvalue weighted by molar-refractivity contribution is 9.10. The fraction of sp³-hybridized carbons (Fsp3) is 0.333. The maximum Gasteiger partial charge on any atom is 0.166 e. The summed E-state index contributed by atoms with van der Waals surface area (Å²) in [5.74, 6) is 1.09. The van der Waals surface area contributed by atoms with Crippen molar-refractivity contribution in [3.05, 3.63) is 22.2 Å². The standard InChI is InChI=1S/C9H10BrO3/c1-12-8-4-7(10)3-6(5-11)9(8)13-2/h3-4H,5H2,1-2H3. The van der Waals surface area contributed by atoms with Gasteiger partial charge >= 0.3 is 0 Å². The molecule has 1 aromatic carbocycles. The van der Waals surface area contributed by atoms with E-state index in [0.717, 1.165) is 4.47 Å². The summed E-state index contributed by atoms with van der Waals surface area (Å²) in [6.45, 7) is -0.320. The van der Waals surface area contributed by atoms with E-state index in [-0.39, 0.29) is 6.61 Å². The molecule has 1 aromatic rings. The van der Waals surface area contributed by atoms with E-state index in [1.54, 1.807) is 19.2 Å². The molecule has 0 atom stereocenters. The number of halogens is 1. The lowest BCUT2D eigenvalue weighted by Crippen LogP contribution is -1.95. The molecule has 1 rings (SSSR count). The highest BCUT2D eigenvalue weighted by atomic mass is 79.9. The molecule has 0 unspecified atom stereocenters. The predicted molar refractivity (Wildman–Crippen MR) is 51.6 cm³/mol. The summed E-state index contributed by atoms with van der Waals surface area (Å²) in [6.07, 6.45) is 0. The van der Waals surface area contributed by atoms with Crippen LogP contribution in [0.2, 0.25) is 0 Å². The Kier molecular flexibility index (Phi) is 3.57. The van der Waals surface area contributed by atoms with Gasteiger partial charge in [-0.2, -0.15) is 0 Å². The van der Waals surface area contributed by atoms with Crippen LogP contribution in [0.25, 0.3) is 0 Å². The average molecular weight is 246 g/mol. The van der Waals surface area contributed by atoms with Crippen LogP contribution in [0.4, 0.5) is 0 Å². The molecule has 3 nitrogen and oxygen atoms in total. The van der Waals surface area contributed by atoms with Crippen LogP contribution in [0.1, 0.15) is 5.56 Å². The molecule has 0 bridgehead atoms. The molecular formula is C9H10BrO3. The van der Waals surface area contributed by atoms with Gasteiger partial charge in [0.1, 0.15) is 6.61 Å². The third kappa shape index (κ3) is 2.14. The third-order valence-corrected chi connectivity index (χ3v) is 2.13. The smallest absolute Gasteiger partial charge is 0.166 e. The van der Waals surface area contributed by atoms with E-state index < -0.39 is 0 Å². The van der Waals surface area contributed by atoms with Gasteiger partial charge in [0.05, 0.1) is 14.2 Å². The summed E-state index contributed by atoms with van der Waals surface area (Å²) in [4.78, 5) is 0. The first kappa shape index (κ1) is 10.3. The van der Waals surface area contributed by atoms with Crippen molar-refractivity contribution >= 4 is 15.9 Å². The van der Waals surface area contributed by atoms with Gasteiger partial charge in [0.15, 0.2) is 11.5 Å². The van der Waals surface area contributed by atoms with E-state index in [0.29, 0.717) is 17.1 Å². The van der Waals surface area contributed by atoms with Crippen LogP contribution < -0.4 is 9.47 Å². The zero-order valence-electron chi connectivity index (χ0n) is 7.46. The van der Waals surface area contributed by atoms with Gasteiger partial charge in [0.25, 0.3) is 0 Å². The topological polar surface area (TPSA) is 38.4 Å². The number of benzene rings is 1. The molecule has 0 aromatic heterocycles. The minimum atomic E-state index is -0.320. The summed E-state index contributed by atoms with van der Waals surface area (Å²) in [7, 11) is 3.06. The molecule has 0 aliphatic heterocycles. The van der Waals surface area contributed by atoms with Gasteiger partial charge in [0, 0.05) is 10.0 Å². The van der Waals surface area contributed by atoms with Crippen LogP contribution in [-0.4, -0.2) is 14.2 Å². The fourth-order valence-electron chi connectivity index (χ4n) is 1.11. The molecule has 0 aliphatic carbocycles. The van der Waals surface area contributed by atoms with Crippen LogP contribution in [0.5, 0.6) is 11.5 Å². The second-order valence-corrected chi connectivity index (χ2v) is 3.36. The molecule has 0 fully saturated rings. The minimum absolute atomic E-state index is 0.320. The highest BCUT2D eigenvalue weighted by Gasteiger charge is 2.10. The maximum absolute atomic E-state index is 10.8. The molecule has 0 amide bonds. The average Bonchev–Trinajstić information content (AvgIpc) is 2.16. The Morgan fingerprint density at radius 2 is 2.00 bits per heavy atom. The van der Waals surface area contributed by atoms with Crippen molar-refractivity contribution in [1.82, 2.24) is 0 Å². The van der Waals surface area contributed by atoms with E-state index in [1.807, 2.05) is 0 Å². The number of methoxy groups -OCH3 is 2. The molecule has 0 N–H and O–H groups in total. The number of rotatable bonds is 3. The normalized spacial score (nSPS) is 9.85. The Hall–Kier alpha value is -0.740. The first-order chi connectivity index (χ1) is 6.22. The monoisotopic (exact) mass is 245 g/mol. The van der Waals surface area contributed by atoms with Crippen LogP contribution >= 0.6 is 15.9 Å². The zero-order valence-corrected chi connectivity index (χ0v) is 9.05. The molecule has 13 heavy (non-hydrogen) atoms. The summed E-state index contributed by atoms with van der Waals surface area (Å²) in [5.41, 5.74) is 0.591. The van der Waals surface area contributed by atoms with Crippen molar-refractivity contribution in [2.75, 3.05) is 14.2 Å². The molecule has 0 heterocycles. The summed E-state index contributed by atoms with van der Waals surface area (Å²) in [6, 6.07) is 3.49. The van der Waals surface area contributed by atoms with Crippen molar-refractivity contribution < 1.29 is 14.6 Å². The molecule has 0 saturated heterocycles. The van der Waals surface area contributed by atoms with Gasteiger partial charge < -0.3 is 9.47 Å². The molecule has 0 saturated carbocycles. The molecule has 0 aliphatic rings. The van der Waals surface area contributed by atoms with Crippen molar-refractivity contribution in [3.63, 3.8) is 0 Å². The van der Waals surface area contributed by atoms with Gasteiger partial charge in [0.2, 0.25) is 0 Å². The van der Waals surface area contributed by atoms with Gasteiger partial charge in [-0.25, -0.2) is 5.11 Å². The number of hydrogen-bond acceptors (Lipinski definition) is 2. The van der Waals surface area contributed by atoms with Gasteiger partial charge in [-0.1, -0.05) is 15.9 Å². The Morgan fingerprint density at radius 3 is 2.46 bits per heavy atom. The van der Waals surface area contributed by atoms with Gasteiger partial charge in [-0.15, -0.1) is 0 Å². The molecule has 4 heteroatoms. The van der Waals surface area contributed by atoms with Crippen molar-refractivity contribution in [2.24, 2.45) is 0 Å². The SMILES string of the molecule is COc1cc(Br)cc(C[O])c1OC. The predicted octanol–water partition coefficient (Wildman–Crippen LogP) is 2.40. The van der Waals surface area contributed by atoms with Crippen LogP contribution in [0.15, 0.2) is 16.6 Å².